The molecule has 0 saturated heterocycles. The van der Waals surface area contributed by atoms with Crippen molar-refractivity contribution in [3.8, 4) is 0 Å². The number of hydrogen-bond donors (Lipinski definition) is 0. The standard InChI is InChI=1S/C14H16N2OS/c1-9-5-6-11(7-10(9)2)13(17)12-8-18-14(15-12)16(3)4/h5-8H,1-4H3. The third-order valence-electron chi connectivity index (χ3n) is 2.88. The number of nitrogens with zero attached hydrogens (tertiary/aromatic N) is 2. The number of hydrogen-bond acceptors (Lipinski definition) is 4. The largest absolute Gasteiger partial charge is 0.354 e. The highest BCUT2D eigenvalue weighted by atomic mass is 32.1. The molecule has 0 bridgehead atoms. The Morgan fingerprint density at radius 2 is 1.94 bits per heavy atom. The predicted molar refractivity (Wildman–Crippen MR) is 75.8 cm³/mol. The minimum atomic E-state index is -0.0116. The second kappa shape index (κ2) is 4.90. The molecule has 2 aromatic rings. The molecule has 1 aromatic carbocycles. The van der Waals surface area contributed by atoms with Crippen molar-refractivity contribution in [3.63, 3.8) is 0 Å². The first kappa shape index (κ1) is 12.8. The lowest BCUT2D eigenvalue weighted by atomic mass is 10.0. The molecule has 3 nitrogen and oxygen atoms in total. The zero-order valence-corrected chi connectivity index (χ0v) is 11.8. The summed E-state index contributed by atoms with van der Waals surface area (Å²) in [5.74, 6) is -0.0116. The van der Waals surface area contributed by atoms with Gasteiger partial charge in [0.25, 0.3) is 0 Å². The molecule has 1 heterocycles. The number of carbonyl (C=O) groups is 1. The molecule has 2 rings (SSSR count). The number of rotatable bonds is 3. The van der Waals surface area contributed by atoms with Gasteiger partial charge in [-0.1, -0.05) is 12.1 Å². The number of carbonyl (C=O) groups excluding carboxylic acids is 1. The first-order valence-electron chi connectivity index (χ1n) is 5.74. The van der Waals surface area contributed by atoms with Crippen molar-refractivity contribution in [2.75, 3.05) is 19.0 Å². The zero-order chi connectivity index (χ0) is 13.3. The Morgan fingerprint density at radius 1 is 1.22 bits per heavy atom. The van der Waals surface area contributed by atoms with Crippen molar-refractivity contribution in [1.82, 2.24) is 4.98 Å². The van der Waals surface area contributed by atoms with Crippen LogP contribution >= 0.6 is 11.3 Å². The van der Waals surface area contributed by atoms with Crippen LogP contribution in [0.2, 0.25) is 0 Å². The Bertz CT molecular complexity index is 587. The molecule has 4 heteroatoms. The Morgan fingerprint density at radius 3 is 2.50 bits per heavy atom. The summed E-state index contributed by atoms with van der Waals surface area (Å²) in [6.07, 6.45) is 0. The molecule has 94 valence electrons. The van der Waals surface area contributed by atoms with Gasteiger partial charge >= 0.3 is 0 Å². The fourth-order valence-electron chi connectivity index (χ4n) is 1.60. The molecule has 0 N–H and O–H groups in total. The molecular formula is C14H16N2OS. The number of anilines is 1. The lowest BCUT2D eigenvalue weighted by molar-refractivity contribution is 0.103. The van der Waals surface area contributed by atoms with Crippen LogP contribution in [0.4, 0.5) is 5.13 Å². The molecule has 0 saturated carbocycles. The van der Waals surface area contributed by atoms with E-state index in [0.717, 1.165) is 10.7 Å². The molecule has 0 aliphatic rings. The zero-order valence-electron chi connectivity index (χ0n) is 11.0. The molecule has 1 aromatic heterocycles. The molecule has 0 aliphatic heterocycles. The summed E-state index contributed by atoms with van der Waals surface area (Å²) in [5, 5.41) is 2.66. The van der Waals surface area contributed by atoms with E-state index in [1.165, 1.54) is 16.9 Å². The van der Waals surface area contributed by atoms with E-state index in [-0.39, 0.29) is 5.78 Å². The normalized spacial score (nSPS) is 10.4. The number of aryl methyl sites for hydroxylation is 2. The molecule has 0 atom stereocenters. The van der Waals surface area contributed by atoms with Gasteiger partial charge in [0.05, 0.1) is 0 Å². The number of benzene rings is 1. The Hall–Kier alpha value is -1.68. The van der Waals surface area contributed by atoms with Crippen LogP contribution in [-0.2, 0) is 0 Å². The van der Waals surface area contributed by atoms with E-state index in [0.29, 0.717) is 11.3 Å². The molecule has 0 fully saturated rings. The van der Waals surface area contributed by atoms with Crippen LogP contribution < -0.4 is 4.90 Å². The average Bonchev–Trinajstić information content (AvgIpc) is 2.81. The molecule has 18 heavy (non-hydrogen) atoms. The van der Waals surface area contributed by atoms with E-state index < -0.39 is 0 Å². The summed E-state index contributed by atoms with van der Waals surface area (Å²) in [4.78, 5) is 18.5. The van der Waals surface area contributed by atoms with Crippen molar-refractivity contribution in [2.45, 2.75) is 13.8 Å². The van der Waals surface area contributed by atoms with E-state index in [9.17, 15) is 4.79 Å². The van der Waals surface area contributed by atoms with Crippen molar-refractivity contribution >= 4 is 22.3 Å². The molecule has 0 spiro atoms. The third kappa shape index (κ3) is 2.43. The van der Waals surface area contributed by atoms with Crippen LogP contribution in [0.25, 0.3) is 0 Å². The molecule has 0 aliphatic carbocycles. The van der Waals surface area contributed by atoms with Gasteiger partial charge in [-0.3, -0.25) is 4.79 Å². The van der Waals surface area contributed by atoms with Crippen LogP contribution in [0.3, 0.4) is 0 Å². The third-order valence-corrected chi connectivity index (χ3v) is 3.88. The van der Waals surface area contributed by atoms with Crippen molar-refractivity contribution in [3.05, 3.63) is 46.0 Å². The second-order valence-corrected chi connectivity index (χ2v) is 5.37. The Kier molecular flexibility index (Phi) is 3.48. The first-order valence-corrected chi connectivity index (χ1v) is 6.62. The molecular weight excluding hydrogens is 244 g/mol. The monoisotopic (exact) mass is 260 g/mol. The molecule has 0 amide bonds. The van der Waals surface area contributed by atoms with Gasteiger partial charge in [-0.2, -0.15) is 0 Å². The van der Waals surface area contributed by atoms with Crippen molar-refractivity contribution < 1.29 is 4.79 Å². The van der Waals surface area contributed by atoms with Crippen molar-refractivity contribution in [2.24, 2.45) is 0 Å². The van der Waals surface area contributed by atoms with Gasteiger partial charge in [-0.05, 0) is 31.0 Å². The summed E-state index contributed by atoms with van der Waals surface area (Å²) in [6.45, 7) is 4.05. The van der Waals surface area contributed by atoms with Crippen LogP contribution in [0.5, 0.6) is 0 Å². The smallest absolute Gasteiger partial charge is 0.212 e. The van der Waals surface area contributed by atoms with Gasteiger partial charge in [-0.25, -0.2) is 4.98 Å². The SMILES string of the molecule is Cc1ccc(C(=O)c2csc(N(C)C)n2)cc1C. The molecule has 0 radical (unpaired) electrons. The summed E-state index contributed by atoms with van der Waals surface area (Å²) in [6, 6.07) is 5.76. The van der Waals surface area contributed by atoms with Gasteiger partial charge in [0.15, 0.2) is 5.13 Å². The first-order chi connectivity index (χ1) is 8.49. The highest BCUT2D eigenvalue weighted by Gasteiger charge is 2.14. The van der Waals surface area contributed by atoms with Gasteiger partial charge in [-0.15, -0.1) is 11.3 Å². The van der Waals surface area contributed by atoms with Crippen LogP contribution in [-0.4, -0.2) is 24.9 Å². The summed E-state index contributed by atoms with van der Waals surface area (Å²) >= 11 is 1.48. The average molecular weight is 260 g/mol. The summed E-state index contributed by atoms with van der Waals surface area (Å²) in [5.41, 5.74) is 3.54. The minimum Gasteiger partial charge on any atom is -0.354 e. The number of aromatic nitrogens is 1. The van der Waals surface area contributed by atoms with Gasteiger partial charge < -0.3 is 4.90 Å². The van der Waals surface area contributed by atoms with Crippen LogP contribution in [0, 0.1) is 13.8 Å². The fourth-order valence-corrected chi connectivity index (χ4v) is 2.34. The predicted octanol–water partition coefficient (Wildman–Crippen LogP) is 3.06. The van der Waals surface area contributed by atoms with E-state index in [1.54, 1.807) is 0 Å². The maximum Gasteiger partial charge on any atom is 0.212 e. The van der Waals surface area contributed by atoms with Crippen LogP contribution in [0.15, 0.2) is 23.6 Å². The highest BCUT2D eigenvalue weighted by molar-refractivity contribution is 7.13. The van der Waals surface area contributed by atoms with Crippen molar-refractivity contribution in [1.29, 1.82) is 0 Å². The maximum absolute atomic E-state index is 12.3. The topological polar surface area (TPSA) is 33.2 Å². The molecule has 0 unspecified atom stereocenters. The fraction of sp³-hybridized carbons (Fsp3) is 0.286. The van der Waals surface area contributed by atoms with E-state index in [2.05, 4.69) is 4.98 Å². The maximum atomic E-state index is 12.3. The van der Waals surface area contributed by atoms with Gasteiger partial charge in [0.2, 0.25) is 5.78 Å². The van der Waals surface area contributed by atoms with Gasteiger partial charge in [0.1, 0.15) is 5.69 Å². The van der Waals surface area contributed by atoms with E-state index in [1.807, 2.05) is 56.4 Å². The highest BCUT2D eigenvalue weighted by Crippen LogP contribution is 2.21. The van der Waals surface area contributed by atoms with E-state index >= 15 is 0 Å². The quantitative estimate of drug-likeness (QED) is 0.795. The Balaban J connectivity index is 2.32. The number of thiazole rings is 1. The summed E-state index contributed by atoms with van der Waals surface area (Å²) < 4.78 is 0. The van der Waals surface area contributed by atoms with E-state index in [4.69, 9.17) is 0 Å². The van der Waals surface area contributed by atoms with Crippen LogP contribution in [0.1, 0.15) is 27.2 Å². The summed E-state index contributed by atoms with van der Waals surface area (Å²) in [7, 11) is 3.84. The number of ketones is 1. The van der Waals surface area contributed by atoms with Gasteiger partial charge in [0, 0.05) is 25.0 Å². The minimum absolute atomic E-state index is 0.0116. The second-order valence-electron chi connectivity index (χ2n) is 4.54. The lowest BCUT2D eigenvalue weighted by Gasteiger charge is -2.05. The lowest BCUT2D eigenvalue weighted by Crippen LogP contribution is -2.09. The Labute approximate surface area is 111 Å².